The first kappa shape index (κ1) is 13.3. The summed E-state index contributed by atoms with van der Waals surface area (Å²) in [4.78, 5) is 17.5. The first-order valence-electron chi connectivity index (χ1n) is 6.03. The Kier molecular flexibility index (Phi) is 3.66. The summed E-state index contributed by atoms with van der Waals surface area (Å²) >= 11 is 0. The summed E-state index contributed by atoms with van der Waals surface area (Å²) in [6.07, 6.45) is 0. The van der Waals surface area contributed by atoms with E-state index in [9.17, 15) is 15.2 Å². The van der Waals surface area contributed by atoms with Crippen LogP contribution in [0.15, 0.2) is 18.2 Å². The van der Waals surface area contributed by atoms with Crippen molar-refractivity contribution in [1.82, 2.24) is 9.97 Å². The van der Waals surface area contributed by atoms with Crippen molar-refractivity contribution in [2.45, 2.75) is 19.9 Å². The molecule has 0 saturated heterocycles. The number of imidazole rings is 1. The fourth-order valence-electron chi connectivity index (χ4n) is 1.78. The molecule has 0 bridgehead atoms. The zero-order valence-corrected chi connectivity index (χ0v) is 10.8. The molecule has 0 radical (unpaired) electrons. The third-order valence-electron chi connectivity index (χ3n) is 3.00. The maximum Gasteiger partial charge on any atom is 0.271 e. The van der Waals surface area contributed by atoms with Crippen LogP contribution in [0.25, 0.3) is 11.0 Å². The number of nitrogens with zero attached hydrogens (tertiary/aromatic N) is 2. The van der Waals surface area contributed by atoms with Gasteiger partial charge in [-0.05, 0) is 12.0 Å². The summed E-state index contributed by atoms with van der Waals surface area (Å²) in [5, 5.41) is 23.0. The molecule has 2 aromatic rings. The van der Waals surface area contributed by atoms with Gasteiger partial charge in [0, 0.05) is 12.1 Å². The van der Waals surface area contributed by atoms with E-state index in [0.717, 1.165) is 0 Å². The lowest BCUT2D eigenvalue weighted by Gasteiger charge is -2.18. The molecule has 0 unspecified atom stereocenters. The van der Waals surface area contributed by atoms with Crippen LogP contribution in [0, 0.1) is 16.0 Å². The van der Waals surface area contributed by atoms with E-state index >= 15 is 0 Å². The Bertz CT molecular complexity index is 594. The highest BCUT2D eigenvalue weighted by Gasteiger charge is 2.15. The Hall–Kier alpha value is -2.15. The second kappa shape index (κ2) is 5.23. The molecule has 7 heteroatoms. The van der Waals surface area contributed by atoms with Crippen molar-refractivity contribution in [3.63, 3.8) is 0 Å². The van der Waals surface area contributed by atoms with E-state index in [1.807, 2.05) is 13.8 Å². The number of aliphatic hydroxyl groups excluding tert-OH is 1. The van der Waals surface area contributed by atoms with Gasteiger partial charge in [0.25, 0.3) is 5.69 Å². The zero-order chi connectivity index (χ0) is 14.0. The standard InChI is InChI=1S/C12H16N4O3/c1-7(2)11(6-17)15-12-13-9-4-3-8(16(18)19)5-10(9)14-12/h3-5,7,11,17H,6H2,1-2H3,(H2,13,14,15)/t11-/m1/s1. The van der Waals surface area contributed by atoms with Gasteiger partial charge in [-0.25, -0.2) is 4.98 Å². The molecule has 0 amide bonds. The quantitative estimate of drug-likeness (QED) is 0.565. The molecule has 0 aliphatic heterocycles. The topological polar surface area (TPSA) is 104 Å². The average Bonchev–Trinajstić information content (AvgIpc) is 2.76. The molecule has 1 aromatic carbocycles. The maximum atomic E-state index is 10.7. The predicted molar refractivity (Wildman–Crippen MR) is 72.1 cm³/mol. The Balaban J connectivity index is 2.28. The fraction of sp³-hybridized carbons (Fsp3) is 0.417. The molecule has 2 rings (SSSR count). The van der Waals surface area contributed by atoms with E-state index in [2.05, 4.69) is 15.3 Å². The molecule has 0 spiro atoms. The van der Waals surface area contributed by atoms with Crippen molar-refractivity contribution in [2.24, 2.45) is 5.92 Å². The third kappa shape index (κ3) is 2.82. The number of H-pyrrole nitrogens is 1. The number of nitro benzene ring substituents is 1. The molecule has 0 aliphatic rings. The minimum absolute atomic E-state index is 0.00510. The number of aromatic amines is 1. The van der Waals surface area contributed by atoms with Crippen LogP contribution in [0.4, 0.5) is 11.6 Å². The molecular weight excluding hydrogens is 248 g/mol. The Morgan fingerprint density at radius 3 is 2.84 bits per heavy atom. The molecule has 0 aliphatic carbocycles. The first-order valence-corrected chi connectivity index (χ1v) is 6.03. The molecule has 0 fully saturated rings. The van der Waals surface area contributed by atoms with Crippen molar-refractivity contribution in [2.75, 3.05) is 11.9 Å². The molecule has 0 saturated carbocycles. The van der Waals surface area contributed by atoms with Crippen LogP contribution < -0.4 is 5.32 Å². The van der Waals surface area contributed by atoms with Crippen LogP contribution in [0.3, 0.4) is 0 Å². The van der Waals surface area contributed by atoms with Gasteiger partial charge in [0.15, 0.2) is 0 Å². The van der Waals surface area contributed by atoms with Crippen LogP contribution in [-0.4, -0.2) is 32.6 Å². The number of hydrogen-bond acceptors (Lipinski definition) is 5. The van der Waals surface area contributed by atoms with E-state index < -0.39 is 4.92 Å². The molecule has 1 aromatic heterocycles. The molecule has 1 atom stereocenters. The van der Waals surface area contributed by atoms with Gasteiger partial charge in [0.05, 0.1) is 28.6 Å². The lowest BCUT2D eigenvalue weighted by atomic mass is 10.1. The van der Waals surface area contributed by atoms with Gasteiger partial charge < -0.3 is 15.4 Å². The number of anilines is 1. The van der Waals surface area contributed by atoms with Crippen LogP contribution in [0.5, 0.6) is 0 Å². The summed E-state index contributed by atoms with van der Waals surface area (Å²) in [6, 6.07) is 4.34. The number of fused-ring (bicyclic) bond motifs is 1. The summed E-state index contributed by atoms with van der Waals surface area (Å²) in [5.41, 5.74) is 1.26. The lowest BCUT2D eigenvalue weighted by molar-refractivity contribution is -0.384. The summed E-state index contributed by atoms with van der Waals surface area (Å²) in [5.74, 6) is 0.746. The van der Waals surface area contributed by atoms with Crippen LogP contribution >= 0.6 is 0 Å². The Morgan fingerprint density at radius 2 is 2.26 bits per heavy atom. The Labute approximate surface area is 109 Å². The number of aromatic nitrogens is 2. The molecule has 3 N–H and O–H groups in total. The maximum absolute atomic E-state index is 10.7. The van der Waals surface area contributed by atoms with Gasteiger partial charge in [-0.3, -0.25) is 10.1 Å². The highest BCUT2D eigenvalue weighted by Crippen LogP contribution is 2.21. The van der Waals surface area contributed by atoms with Gasteiger partial charge in [0.1, 0.15) is 0 Å². The number of benzene rings is 1. The fourth-order valence-corrected chi connectivity index (χ4v) is 1.78. The lowest BCUT2D eigenvalue weighted by Crippen LogP contribution is -2.29. The average molecular weight is 264 g/mol. The zero-order valence-electron chi connectivity index (χ0n) is 10.8. The van der Waals surface area contributed by atoms with E-state index in [4.69, 9.17) is 0 Å². The molecule has 102 valence electrons. The van der Waals surface area contributed by atoms with Gasteiger partial charge in [-0.2, -0.15) is 0 Å². The largest absolute Gasteiger partial charge is 0.394 e. The van der Waals surface area contributed by atoms with Crippen molar-refractivity contribution in [3.8, 4) is 0 Å². The minimum atomic E-state index is -0.446. The van der Waals surface area contributed by atoms with E-state index in [1.165, 1.54) is 12.1 Å². The van der Waals surface area contributed by atoms with Crippen molar-refractivity contribution in [1.29, 1.82) is 0 Å². The summed E-state index contributed by atoms with van der Waals surface area (Å²) < 4.78 is 0. The van der Waals surface area contributed by atoms with E-state index in [-0.39, 0.29) is 24.3 Å². The normalized spacial score (nSPS) is 12.8. The van der Waals surface area contributed by atoms with E-state index in [1.54, 1.807) is 6.07 Å². The SMILES string of the molecule is CC(C)[C@@H](CO)Nc1nc2ccc([N+](=O)[O-])cc2[nH]1. The van der Waals surface area contributed by atoms with Crippen molar-refractivity contribution >= 4 is 22.7 Å². The molecule has 7 nitrogen and oxygen atoms in total. The van der Waals surface area contributed by atoms with E-state index in [0.29, 0.717) is 17.0 Å². The van der Waals surface area contributed by atoms with Crippen LogP contribution in [-0.2, 0) is 0 Å². The number of nitrogens with one attached hydrogen (secondary N) is 2. The number of aliphatic hydroxyl groups is 1. The van der Waals surface area contributed by atoms with Gasteiger partial charge in [0.2, 0.25) is 5.95 Å². The van der Waals surface area contributed by atoms with Crippen molar-refractivity contribution in [3.05, 3.63) is 28.3 Å². The molecular formula is C12H16N4O3. The van der Waals surface area contributed by atoms with Gasteiger partial charge in [-0.15, -0.1) is 0 Å². The first-order chi connectivity index (χ1) is 9.01. The van der Waals surface area contributed by atoms with Crippen LogP contribution in [0.1, 0.15) is 13.8 Å². The monoisotopic (exact) mass is 264 g/mol. The number of non-ortho nitro benzene ring substituents is 1. The van der Waals surface area contributed by atoms with Crippen molar-refractivity contribution < 1.29 is 10.0 Å². The number of rotatable bonds is 5. The summed E-state index contributed by atoms with van der Waals surface area (Å²) in [7, 11) is 0. The van der Waals surface area contributed by atoms with Gasteiger partial charge in [-0.1, -0.05) is 13.8 Å². The number of nitro groups is 1. The van der Waals surface area contributed by atoms with Gasteiger partial charge >= 0.3 is 0 Å². The minimum Gasteiger partial charge on any atom is -0.394 e. The number of hydrogen-bond donors (Lipinski definition) is 3. The second-order valence-electron chi connectivity index (χ2n) is 4.72. The molecule has 19 heavy (non-hydrogen) atoms. The smallest absolute Gasteiger partial charge is 0.271 e. The molecule has 1 heterocycles. The highest BCUT2D eigenvalue weighted by molar-refractivity contribution is 5.79. The summed E-state index contributed by atoms with van der Waals surface area (Å²) in [6.45, 7) is 3.97. The second-order valence-corrected chi connectivity index (χ2v) is 4.72. The Morgan fingerprint density at radius 1 is 1.53 bits per heavy atom. The third-order valence-corrected chi connectivity index (χ3v) is 3.00. The highest BCUT2D eigenvalue weighted by atomic mass is 16.6. The van der Waals surface area contributed by atoms with Crippen LogP contribution in [0.2, 0.25) is 0 Å². The predicted octanol–water partition coefficient (Wildman–Crippen LogP) is 1.90.